The van der Waals surface area contributed by atoms with Gasteiger partial charge >= 0.3 is 6.09 Å². The van der Waals surface area contributed by atoms with Crippen LogP contribution in [0.25, 0.3) is 0 Å². The van der Waals surface area contributed by atoms with Crippen LogP contribution in [0, 0.1) is 6.92 Å². The van der Waals surface area contributed by atoms with E-state index in [2.05, 4.69) is 66.2 Å². The molecule has 0 unspecified atom stereocenters. The molecule has 11 heteroatoms. The summed E-state index contributed by atoms with van der Waals surface area (Å²) >= 11 is 3.51. The topological polar surface area (TPSA) is 100 Å². The molecule has 0 radical (unpaired) electrons. The molecule has 4 heterocycles. The van der Waals surface area contributed by atoms with Gasteiger partial charge in [0, 0.05) is 51.2 Å². The van der Waals surface area contributed by atoms with Crippen LogP contribution in [-0.2, 0) is 4.74 Å². The van der Waals surface area contributed by atoms with Gasteiger partial charge in [-0.05, 0) is 62.0 Å². The van der Waals surface area contributed by atoms with E-state index in [0.717, 1.165) is 48.2 Å². The first-order valence-corrected chi connectivity index (χ1v) is 12.6. The van der Waals surface area contributed by atoms with Crippen LogP contribution in [0.4, 0.5) is 22.2 Å². The molecule has 1 amide bonds. The number of nitrogens with one attached hydrogen (secondary N) is 2. The van der Waals surface area contributed by atoms with Gasteiger partial charge < -0.3 is 25.2 Å². The lowest BCUT2D eigenvalue weighted by Gasteiger charge is -2.34. The average Bonchev–Trinajstić information content (AvgIpc) is 3.19. The maximum Gasteiger partial charge on any atom is 0.414 e. The summed E-state index contributed by atoms with van der Waals surface area (Å²) in [5.41, 5.74) is 1.84. The summed E-state index contributed by atoms with van der Waals surface area (Å²) in [5, 5.41) is 11.4. The molecule has 1 saturated heterocycles. The van der Waals surface area contributed by atoms with Gasteiger partial charge in [0.15, 0.2) is 0 Å². The van der Waals surface area contributed by atoms with E-state index in [9.17, 15) is 4.79 Å². The number of aryl methyl sites for hydroxylation is 1. The summed E-state index contributed by atoms with van der Waals surface area (Å²) in [5.74, 6) is 1.21. The maximum atomic E-state index is 11.7. The summed E-state index contributed by atoms with van der Waals surface area (Å²) in [6.07, 6.45) is 9.72. The molecule has 0 saturated carbocycles. The first-order valence-electron chi connectivity index (χ1n) is 11.8. The van der Waals surface area contributed by atoms with Gasteiger partial charge in [0.1, 0.15) is 5.82 Å². The highest BCUT2D eigenvalue weighted by Crippen LogP contribution is 2.27. The van der Waals surface area contributed by atoms with Gasteiger partial charge in [0.05, 0.1) is 28.2 Å². The number of cyclic esters (lactones) is 1. The second-order valence-electron chi connectivity index (χ2n) is 8.97. The number of aromatic nitrogens is 4. The Morgan fingerprint density at radius 2 is 2.09 bits per heavy atom. The molecule has 0 bridgehead atoms. The number of carbonyl (C=O) groups is 1. The lowest BCUT2D eigenvalue weighted by molar-refractivity contribution is 0.133. The minimum absolute atomic E-state index is 0.307. The molecule has 1 fully saturated rings. The van der Waals surface area contributed by atoms with Crippen LogP contribution in [0.2, 0.25) is 0 Å². The lowest BCUT2D eigenvalue weighted by atomic mass is 10.0. The van der Waals surface area contributed by atoms with Gasteiger partial charge in [0.25, 0.3) is 0 Å². The number of nitrogens with zero attached hydrogens (tertiary/aromatic N) is 6. The average molecular weight is 533 g/mol. The Balaban J connectivity index is 1.32. The van der Waals surface area contributed by atoms with Gasteiger partial charge in [-0.1, -0.05) is 0 Å². The number of halogens is 1. The lowest BCUT2D eigenvalue weighted by Crippen LogP contribution is -2.39. The van der Waals surface area contributed by atoms with E-state index in [1.54, 1.807) is 11.1 Å². The SMILES string of the molecule is Cc1nn(C2CCN(C(C)C)CC2)cc1Nc1ncc(Br)c(NCCCN2CC=COC2=O)n1. The third-order valence-corrected chi connectivity index (χ3v) is 6.84. The van der Waals surface area contributed by atoms with E-state index in [4.69, 9.17) is 9.84 Å². The Labute approximate surface area is 208 Å². The van der Waals surface area contributed by atoms with Crippen molar-refractivity contribution in [3.8, 4) is 0 Å². The van der Waals surface area contributed by atoms with Crippen molar-refractivity contribution in [2.75, 3.05) is 43.4 Å². The van der Waals surface area contributed by atoms with Crippen LogP contribution in [-0.4, -0.2) is 74.4 Å². The number of ether oxygens (including phenoxy) is 1. The summed E-state index contributed by atoms with van der Waals surface area (Å²) in [6, 6.07) is 1.01. The molecule has 34 heavy (non-hydrogen) atoms. The van der Waals surface area contributed by atoms with Crippen LogP contribution in [0.1, 0.15) is 44.8 Å². The van der Waals surface area contributed by atoms with E-state index in [1.165, 1.54) is 6.26 Å². The summed E-state index contributed by atoms with van der Waals surface area (Å²) in [4.78, 5) is 24.9. The molecule has 0 atom stereocenters. The van der Waals surface area contributed by atoms with E-state index in [1.807, 2.05) is 13.0 Å². The van der Waals surface area contributed by atoms with Crippen molar-refractivity contribution in [1.82, 2.24) is 29.5 Å². The van der Waals surface area contributed by atoms with Crippen molar-refractivity contribution in [2.24, 2.45) is 0 Å². The van der Waals surface area contributed by atoms with Gasteiger partial charge in [-0.15, -0.1) is 0 Å². The number of hydrogen-bond acceptors (Lipinski definition) is 8. The first-order chi connectivity index (χ1) is 16.4. The van der Waals surface area contributed by atoms with Crippen LogP contribution < -0.4 is 10.6 Å². The highest BCUT2D eigenvalue weighted by Gasteiger charge is 2.23. The summed E-state index contributed by atoms with van der Waals surface area (Å²) in [7, 11) is 0. The Morgan fingerprint density at radius 1 is 1.29 bits per heavy atom. The Bertz CT molecular complexity index is 1020. The summed E-state index contributed by atoms with van der Waals surface area (Å²) < 4.78 is 7.77. The molecule has 10 nitrogen and oxygen atoms in total. The quantitative estimate of drug-likeness (QED) is 0.461. The largest absolute Gasteiger partial charge is 0.418 e. The van der Waals surface area contributed by atoms with Crippen molar-refractivity contribution in [3.63, 3.8) is 0 Å². The molecule has 2 aromatic rings. The molecule has 2 N–H and O–H groups in total. The second kappa shape index (κ2) is 11.2. The Morgan fingerprint density at radius 3 is 2.82 bits per heavy atom. The maximum absolute atomic E-state index is 11.7. The number of anilines is 3. The number of piperidine rings is 1. The predicted molar refractivity (Wildman–Crippen MR) is 135 cm³/mol. The second-order valence-corrected chi connectivity index (χ2v) is 9.82. The predicted octanol–water partition coefficient (Wildman–Crippen LogP) is 4.30. The number of likely N-dealkylation sites (tertiary alicyclic amines) is 1. The smallest absolute Gasteiger partial charge is 0.414 e. The Kier molecular flexibility index (Phi) is 8.04. The van der Waals surface area contributed by atoms with Crippen LogP contribution in [0.3, 0.4) is 0 Å². The fourth-order valence-electron chi connectivity index (χ4n) is 4.21. The number of rotatable bonds is 9. The summed E-state index contributed by atoms with van der Waals surface area (Å²) in [6.45, 7) is 10.6. The van der Waals surface area contributed by atoms with E-state index in [-0.39, 0.29) is 6.09 Å². The van der Waals surface area contributed by atoms with Crippen LogP contribution in [0.5, 0.6) is 0 Å². The van der Waals surface area contributed by atoms with Crippen LogP contribution >= 0.6 is 15.9 Å². The highest BCUT2D eigenvalue weighted by atomic mass is 79.9. The molecule has 0 aliphatic carbocycles. The number of hydrogen-bond donors (Lipinski definition) is 2. The standard InChI is InChI=1S/C23H33BrN8O2/c1-16(2)30-11-6-18(7-12-30)32-15-20(17(3)29-32)27-22-26-14-19(24)21(28-22)25-8-4-9-31-10-5-13-34-23(31)33/h5,13-16,18H,4,6-12H2,1-3H3,(H2,25,26,27,28). The molecule has 2 aliphatic rings. The molecule has 2 aromatic heterocycles. The molecule has 184 valence electrons. The number of amides is 1. The van der Waals surface area contributed by atoms with Crippen molar-refractivity contribution in [2.45, 2.75) is 52.1 Å². The zero-order valence-electron chi connectivity index (χ0n) is 20.0. The zero-order valence-corrected chi connectivity index (χ0v) is 21.6. The van der Waals surface area contributed by atoms with Crippen molar-refractivity contribution >= 4 is 39.5 Å². The van der Waals surface area contributed by atoms with Crippen LogP contribution in [0.15, 0.2) is 29.2 Å². The van der Waals surface area contributed by atoms with Gasteiger partial charge in [-0.2, -0.15) is 10.1 Å². The third-order valence-electron chi connectivity index (χ3n) is 6.26. The fraction of sp³-hybridized carbons (Fsp3) is 0.565. The first kappa shape index (κ1) is 24.5. The van der Waals surface area contributed by atoms with E-state index >= 15 is 0 Å². The molecular formula is C23H33BrN8O2. The molecule has 4 rings (SSSR count). The normalized spacial score (nSPS) is 17.3. The Hall–Kier alpha value is -2.66. The monoisotopic (exact) mass is 532 g/mol. The van der Waals surface area contributed by atoms with Crippen molar-refractivity contribution in [1.29, 1.82) is 0 Å². The van der Waals surface area contributed by atoms with Gasteiger partial charge in [-0.3, -0.25) is 4.68 Å². The highest BCUT2D eigenvalue weighted by molar-refractivity contribution is 9.10. The minimum Gasteiger partial charge on any atom is -0.418 e. The third kappa shape index (κ3) is 6.06. The van der Waals surface area contributed by atoms with E-state index < -0.39 is 0 Å². The zero-order chi connectivity index (χ0) is 24.1. The molecular weight excluding hydrogens is 500 g/mol. The van der Waals surface area contributed by atoms with Crippen molar-refractivity contribution < 1.29 is 9.53 Å². The van der Waals surface area contributed by atoms with Gasteiger partial charge in [0.2, 0.25) is 5.95 Å². The molecule has 2 aliphatic heterocycles. The van der Waals surface area contributed by atoms with E-state index in [0.29, 0.717) is 43.5 Å². The number of carbonyl (C=O) groups excluding carboxylic acids is 1. The molecule has 0 aromatic carbocycles. The minimum atomic E-state index is -0.307. The fourth-order valence-corrected chi connectivity index (χ4v) is 4.55. The van der Waals surface area contributed by atoms with Gasteiger partial charge in [-0.25, -0.2) is 9.78 Å². The molecule has 0 spiro atoms. The van der Waals surface area contributed by atoms with Crippen molar-refractivity contribution in [3.05, 3.63) is 34.9 Å².